The minimum absolute atomic E-state index is 0.0838. The molecule has 3 heterocycles. The Morgan fingerprint density at radius 1 is 1.09 bits per heavy atom. The summed E-state index contributed by atoms with van der Waals surface area (Å²) in [7, 11) is 3.23. The fourth-order valence-corrected chi connectivity index (χ4v) is 5.07. The predicted molar refractivity (Wildman–Crippen MR) is 129 cm³/mol. The number of aromatic nitrogens is 1. The Hall–Kier alpha value is -3.58. The number of piperidine rings is 1. The van der Waals surface area contributed by atoms with E-state index in [-0.39, 0.29) is 11.7 Å². The van der Waals surface area contributed by atoms with Crippen molar-refractivity contribution in [1.29, 1.82) is 0 Å². The number of hydrogen-bond acceptors (Lipinski definition) is 5. The third-order valence-electron chi connectivity index (χ3n) is 6.92. The fraction of sp³-hybridized carbons (Fsp3) is 0.333. The van der Waals surface area contributed by atoms with Crippen LogP contribution >= 0.6 is 0 Å². The number of aryl methyl sites for hydroxylation is 1. The van der Waals surface area contributed by atoms with E-state index in [1.807, 2.05) is 41.0 Å². The predicted octanol–water partition coefficient (Wildman–Crippen LogP) is 3.61. The van der Waals surface area contributed by atoms with E-state index in [0.29, 0.717) is 28.3 Å². The number of ether oxygens (including phenoxy) is 2. The molecule has 0 saturated carbocycles. The molecule has 5 rings (SSSR count). The van der Waals surface area contributed by atoms with Gasteiger partial charge in [-0.05, 0) is 61.5 Å². The van der Waals surface area contributed by atoms with E-state index < -0.39 is 5.60 Å². The summed E-state index contributed by atoms with van der Waals surface area (Å²) < 4.78 is 14.2. The first-order valence-electron chi connectivity index (χ1n) is 11.7. The quantitative estimate of drug-likeness (QED) is 0.570. The second-order valence-electron chi connectivity index (χ2n) is 8.76. The molecule has 1 fully saturated rings. The van der Waals surface area contributed by atoms with E-state index in [9.17, 15) is 9.59 Å². The maximum atomic E-state index is 13.8. The second-order valence-corrected chi connectivity index (χ2v) is 8.76. The zero-order valence-electron chi connectivity index (χ0n) is 19.7. The Kier molecular flexibility index (Phi) is 5.65. The zero-order valence-corrected chi connectivity index (χ0v) is 19.7. The first kappa shape index (κ1) is 22.2. The van der Waals surface area contributed by atoms with Crippen LogP contribution in [0.4, 0.5) is 0 Å². The number of ketones is 1. The second kappa shape index (κ2) is 8.65. The van der Waals surface area contributed by atoms with Crippen molar-refractivity contribution in [3.8, 4) is 17.2 Å². The molecule has 176 valence electrons. The van der Waals surface area contributed by atoms with Crippen LogP contribution in [-0.2, 0) is 12.0 Å². The van der Waals surface area contributed by atoms with Gasteiger partial charge in [-0.3, -0.25) is 9.59 Å². The number of nitrogens with zero attached hydrogens (tertiary/aromatic N) is 1. The van der Waals surface area contributed by atoms with E-state index in [2.05, 4.69) is 17.6 Å². The van der Waals surface area contributed by atoms with Crippen LogP contribution in [0.2, 0.25) is 0 Å². The third-order valence-corrected chi connectivity index (χ3v) is 6.92. The van der Waals surface area contributed by atoms with E-state index in [4.69, 9.17) is 9.47 Å². The highest BCUT2D eigenvalue weighted by atomic mass is 16.5. The SMILES string of the molecule is CCc1ccc(C(=O)c2ccc3n2-c2ccc(C(=O)NC)cc2OC32CCNCC2)cc1OC. The van der Waals surface area contributed by atoms with Gasteiger partial charge in [-0.25, -0.2) is 0 Å². The molecule has 3 aromatic rings. The average molecular weight is 460 g/mol. The third kappa shape index (κ3) is 3.47. The number of amides is 1. The van der Waals surface area contributed by atoms with Gasteiger partial charge in [0.15, 0.2) is 5.60 Å². The number of nitrogens with one attached hydrogen (secondary N) is 2. The Bertz CT molecular complexity index is 1270. The molecular formula is C27H29N3O4. The van der Waals surface area contributed by atoms with Crippen LogP contribution in [-0.4, -0.2) is 43.5 Å². The molecule has 0 aliphatic carbocycles. The van der Waals surface area contributed by atoms with Crippen molar-refractivity contribution in [2.75, 3.05) is 27.2 Å². The van der Waals surface area contributed by atoms with Crippen LogP contribution in [0.5, 0.6) is 11.5 Å². The Morgan fingerprint density at radius 3 is 2.56 bits per heavy atom. The lowest BCUT2D eigenvalue weighted by atomic mass is 9.87. The number of carbonyl (C=O) groups is 2. The van der Waals surface area contributed by atoms with Gasteiger partial charge >= 0.3 is 0 Å². The fourth-order valence-electron chi connectivity index (χ4n) is 5.07. The van der Waals surface area contributed by atoms with Crippen LogP contribution in [0, 0.1) is 0 Å². The van der Waals surface area contributed by atoms with Gasteiger partial charge in [0.25, 0.3) is 5.91 Å². The van der Waals surface area contributed by atoms with Crippen LogP contribution in [0.3, 0.4) is 0 Å². The summed E-state index contributed by atoms with van der Waals surface area (Å²) >= 11 is 0. The molecule has 2 N–H and O–H groups in total. The van der Waals surface area contributed by atoms with Crippen LogP contribution in [0.15, 0.2) is 48.5 Å². The number of benzene rings is 2. The summed E-state index contributed by atoms with van der Waals surface area (Å²) in [4.78, 5) is 26.0. The number of fused-ring (bicyclic) bond motifs is 4. The van der Waals surface area contributed by atoms with Gasteiger partial charge in [-0.2, -0.15) is 0 Å². The number of hydrogen-bond donors (Lipinski definition) is 2. The van der Waals surface area contributed by atoms with E-state index >= 15 is 0 Å². The standard InChI is InChI=1S/C27H29N3O4/c1-4-17-5-6-18(15-22(17)33-3)25(31)21-9-10-24-27(11-13-29-14-12-27)34-23-16-19(26(32)28-2)7-8-20(23)30(21)24/h5-10,15-16,29H,4,11-14H2,1-3H3,(H,28,32). The number of rotatable bonds is 5. The number of methoxy groups -OCH3 is 1. The molecule has 34 heavy (non-hydrogen) atoms. The summed E-state index contributed by atoms with van der Waals surface area (Å²) in [5.74, 6) is 1.07. The van der Waals surface area contributed by atoms with E-state index in [1.54, 1.807) is 26.3 Å². The lowest BCUT2D eigenvalue weighted by Gasteiger charge is -2.42. The molecular weight excluding hydrogens is 430 g/mol. The van der Waals surface area contributed by atoms with Gasteiger partial charge in [-0.15, -0.1) is 0 Å². The van der Waals surface area contributed by atoms with Crippen LogP contribution in [0.1, 0.15) is 57.4 Å². The maximum absolute atomic E-state index is 13.8. The molecule has 1 saturated heterocycles. The maximum Gasteiger partial charge on any atom is 0.251 e. The van der Waals surface area contributed by atoms with Crippen molar-refractivity contribution in [3.05, 3.63) is 76.6 Å². The summed E-state index contributed by atoms with van der Waals surface area (Å²) in [5, 5.41) is 6.06. The first-order valence-corrected chi connectivity index (χ1v) is 11.7. The summed E-state index contributed by atoms with van der Waals surface area (Å²) in [6.45, 7) is 3.69. The highest BCUT2D eigenvalue weighted by Gasteiger charge is 2.44. The minimum Gasteiger partial charge on any atom is -0.496 e. The average Bonchev–Trinajstić information content (AvgIpc) is 3.34. The van der Waals surface area contributed by atoms with Crippen LogP contribution < -0.4 is 20.1 Å². The normalized spacial score (nSPS) is 15.7. The zero-order chi connectivity index (χ0) is 23.9. The van der Waals surface area contributed by atoms with Gasteiger partial charge in [0.1, 0.15) is 11.5 Å². The summed E-state index contributed by atoms with van der Waals surface area (Å²) in [6.07, 6.45) is 2.37. The highest BCUT2D eigenvalue weighted by Crippen LogP contribution is 2.45. The van der Waals surface area contributed by atoms with Gasteiger partial charge in [0, 0.05) is 31.0 Å². The van der Waals surface area contributed by atoms with Gasteiger partial charge < -0.3 is 24.7 Å². The molecule has 0 bridgehead atoms. The lowest BCUT2D eigenvalue weighted by Crippen LogP contribution is -2.47. The monoisotopic (exact) mass is 459 g/mol. The molecule has 1 amide bonds. The van der Waals surface area contributed by atoms with Crippen molar-refractivity contribution in [2.24, 2.45) is 0 Å². The molecule has 2 aromatic carbocycles. The molecule has 0 radical (unpaired) electrons. The molecule has 7 heteroatoms. The molecule has 2 aliphatic rings. The number of carbonyl (C=O) groups excluding carboxylic acids is 2. The minimum atomic E-state index is -0.554. The summed E-state index contributed by atoms with van der Waals surface area (Å²) in [6, 6.07) is 14.9. The van der Waals surface area contributed by atoms with Gasteiger partial charge in [0.2, 0.25) is 5.78 Å². The molecule has 1 aromatic heterocycles. The largest absolute Gasteiger partial charge is 0.496 e. The Balaban J connectivity index is 1.66. The molecule has 0 atom stereocenters. The Morgan fingerprint density at radius 2 is 1.85 bits per heavy atom. The van der Waals surface area contributed by atoms with Crippen molar-refractivity contribution in [1.82, 2.24) is 15.2 Å². The summed E-state index contributed by atoms with van der Waals surface area (Å²) in [5.41, 5.74) is 3.90. The van der Waals surface area contributed by atoms with Gasteiger partial charge in [0.05, 0.1) is 24.2 Å². The molecule has 0 unspecified atom stereocenters. The van der Waals surface area contributed by atoms with Crippen molar-refractivity contribution >= 4 is 11.7 Å². The molecule has 2 aliphatic heterocycles. The Labute approximate surface area is 199 Å². The van der Waals surface area contributed by atoms with E-state index in [0.717, 1.165) is 49.3 Å². The van der Waals surface area contributed by atoms with Crippen molar-refractivity contribution in [3.63, 3.8) is 0 Å². The van der Waals surface area contributed by atoms with Gasteiger partial charge in [-0.1, -0.05) is 19.1 Å². The van der Waals surface area contributed by atoms with Crippen molar-refractivity contribution < 1.29 is 19.1 Å². The van der Waals surface area contributed by atoms with E-state index in [1.165, 1.54) is 0 Å². The molecule has 1 spiro atoms. The van der Waals surface area contributed by atoms with Crippen molar-refractivity contribution in [2.45, 2.75) is 31.8 Å². The van der Waals surface area contributed by atoms with Crippen LogP contribution in [0.25, 0.3) is 5.69 Å². The smallest absolute Gasteiger partial charge is 0.251 e. The highest BCUT2D eigenvalue weighted by molar-refractivity contribution is 6.09. The lowest BCUT2D eigenvalue weighted by molar-refractivity contribution is 0.0199. The first-order chi connectivity index (χ1) is 16.5. The molecule has 7 nitrogen and oxygen atoms in total. The topological polar surface area (TPSA) is 81.6 Å².